The molecule has 1 amide bonds. The molecule has 1 unspecified atom stereocenters. The van der Waals surface area contributed by atoms with Crippen LogP contribution in [0.5, 0.6) is 0 Å². The van der Waals surface area contributed by atoms with Crippen molar-refractivity contribution >= 4 is 34.4 Å². The maximum Gasteiger partial charge on any atom is 0.290 e. The number of likely N-dealkylation sites (N-methyl/N-ethyl adjacent to an activating group) is 1. The highest BCUT2D eigenvalue weighted by Crippen LogP contribution is 2.42. The molecule has 3 aromatic rings. The van der Waals surface area contributed by atoms with Crippen LogP contribution in [0.1, 0.15) is 40.1 Å². The fourth-order valence-corrected chi connectivity index (χ4v) is 5.95. The summed E-state index contributed by atoms with van der Waals surface area (Å²) in [7, 11) is 0. The summed E-state index contributed by atoms with van der Waals surface area (Å²) >= 11 is 2.78. The number of ketones is 1. The van der Waals surface area contributed by atoms with E-state index in [0.717, 1.165) is 28.5 Å². The molecule has 0 saturated heterocycles. The average Bonchev–Trinajstić information content (AvgIpc) is 3.55. The van der Waals surface area contributed by atoms with E-state index in [-0.39, 0.29) is 11.4 Å². The number of amides is 1. The maximum atomic E-state index is 13.7. The zero-order chi connectivity index (χ0) is 23.5. The number of aryl methyl sites for hydroxylation is 1. The third-order valence-corrected chi connectivity index (χ3v) is 8.07. The number of hydrogen-bond acceptors (Lipinski definition) is 7. The Morgan fingerprint density at radius 1 is 1.15 bits per heavy atom. The summed E-state index contributed by atoms with van der Waals surface area (Å²) in [6.45, 7) is 8.80. The molecule has 1 aliphatic heterocycles. The first-order valence-corrected chi connectivity index (χ1v) is 12.7. The predicted molar refractivity (Wildman–Crippen MR) is 133 cm³/mol. The summed E-state index contributed by atoms with van der Waals surface area (Å²) in [5.41, 5.74) is 1.68. The van der Waals surface area contributed by atoms with Gasteiger partial charge in [0.25, 0.3) is 5.91 Å². The lowest BCUT2D eigenvalue weighted by atomic mass is 10.0. The van der Waals surface area contributed by atoms with Crippen LogP contribution in [-0.4, -0.2) is 57.8 Å². The highest BCUT2D eigenvalue weighted by Gasteiger charge is 2.44. The van der Waals surface area contributed by atoms with Crippen molar-refractivity contribution in [3.8, 4) is 10.6 Å². The van der Waals surface area contributed by atoms with Gasteiger partial charge in [-0.25, -0.2) is 4.98 Å². The van der Waals surface area contributed by atoms with Gasteiger partial charge in [0.1, 0.15) is 5.01 Å². The lowest BCUT2D eigenvalue weighted by Gasteiger charge is -2.28. The third kappa shape index (κ3) is 4.51. The summed E-state index contributed by atoms with van der Waals surface area (Å²) in [5.74, 6) is -1.27. The number of benzene rings is 1. The Bertz CT molecular complexity index is 1160. The van der Waals surface area contributed by atoms with Gasteiger partial charge >= 0.3 is 0 Å². The van der Waals surface area contributed by atoms with Crippen LogP contribution in [0.4, 0.5) is 0 Å². The van der Waals surface area contributed by atoms with Gasteiger partial charge in [0, 0.05) is 23.5 Å². The standard InChI is InChI=1S/C25H27N3O3S2/c1-4-27(5-2)13-14-28-20(18-12-9-15-32-18)19(22(30)25(28)31)21(29)23-16(3)26-24(33-23)17-10-7-6-8-11-17/h6-12,15,20,30H,4-5,13-14H2,1-3H3. The molecule has 1 aliphatic rings. The van der Waals surface area contributed by atoms with E-state index >= 15 is 0 Å². The molecule has 0 aliphatic carbocycles. The van der Waals surface area contributed by atoms with Crippen LogP contribution in [0, 0.1) is 6.92 Å². The van der Waals surface area contributed by atoms with E-state index in [0.29, 0.717) is 23.7 Å². The number of aromatic nitrogens is 1. The highest BCUT2D eigenvalue weighted by atomic mass is 32.1. The minimum absolute atomic E-state index is 0.147. The molecule has 0 spiro atoms. The first-order valence-electron chi connectivity index (χ1n) is 11.0. The fraction of sp³-hybridized carbons (Fsp3) is 0.320. The first kappa shape index (κ1) is 23.4. The number of Topliss-reactive ketones (excluding diaryl/α,β-unsaturated/α-hetero) is 1. The monoisotopic (exact) mass is 481 g/mol. The largest absolute Gasteiger partial charge is 0.503 e. The fourth-order valence-electron chi connectivity index (χ4n) is 4.08. The minimum atomic E-state index is -0.595. The Morgan fingerprint density at radius 2 is 1.88 bits per heavy atom. The Balaban J connectivity index is 1.70. The molecule has 172 valence electrons. The molecule has 4 rings (SSSR count). The van der Waals surface area contributed by atoms with Crippen molar-refractivity contribution < 1.29 is 14.7 Å². The van der Waals surface area contributed by atoms with E-state index in [9.17, 15) is 14.7 Å². The summed E-state index contributed by atoms with van der Waals surface area (Å²) in [5, 5.41) is 13.5. The van der Waals surface area contributed by atoms with Crippen molar-refractivity contribution in [1.29, 1.82) is 0 Å². The molecule has 8 heteroatoms. The van der Waals surface area contributed by atoms with Crippen molar-refractivity contribution in [2.24, 2.45) is 0 Å². The SMILES string of the molecule is CCN(CC)CCN1C(=O)C(O)=C(C(=O)c2sc(-c3ccccc3)nc2C)C1c1cccs1. The average molecular weight is 482 g/mol. The molecule has 0 saturated carbocycles. The van der Waals surface area contributed by atoms with Crippen LogP contribution in [0.2, 0.25) is 0 Å². The molecule has 0 fully saturated rings. The van der Waals surface area contributed by atoms with E-state index < -0.39 is 17.7 Å². The number of carbonyl (C=O) groups excluding carboxylic acids is 2. The van der Waals surface area contributed by atoms with Gasteiger partial charge < -0.3 is 14.9 Å². The summed E-state index contributed by atoms with van der Waals surface area (Å²) in [4.78, 5) is 36.6. The Kier molecular flexibility index (Phi) is 7.07. The number of thiophene rings is 1. The minimum Gasteiger partial charge on any atom is -0.503 e. The number of hydrogen-bond donors (Lipinski definition) is 1. The van der Waals surface area contributed by atoms with Crippen LogP contribution in [0.25, 0.3) is 10.6 Å². The molecule has 0 radical (unpaired) electrons. The van der Waals surface area contributed by atoms with Gasteiger partial charge in [0.05, 0.1) is 22.2 Å². The molecular weight excluding hydrogens is 454 g/mol. The lowest BCUT2D eigenvalue weighted by molar-refractivity contribution is -0.129. The van der Waals surface area contributed by atoms with Crippen molar-refractivity contribution in [3.05, 3.63) is 74.6 Å². The van der Waals surface area contributed by atoms with Crippen LogP contribution in [-0.2, 0) is 4.79 Å². The van der Waals surface area contributed by atoms with Crippen LogP contribution in [0.15, 0.2) is 59.2 Å². The Hall–Kier alpha value is -2.81. The molecule has 6 nitrogen and oxygen atoms in total. The van der Waals surface area contributed by atoms with Crippen LogP contribution in [0.3, 0.4) is 0 Å². The number of carbonyl (C=O) groups is 2. The molecule has 0 bridgehead atoms. The van der Waals surface area contributed by atoms with Gasteiger partial charge in [-0.2, -0.15) is 0 Å². The van der Waals surface area contributed by atoms with Crippen LogP contribution >= 0.6 is 22.7 Å². The van der Waals surface area contributed by atoms with Crippen molar-refractivity contribution in [2.75, 3.05) is 26.2 Å². The molecule has 1 aromatic carbocycles. The van der Waals surface area contributed by atoms with Crippen LogP contribution < -0.4 is 0 Å². The zero-order valence-electron chi connectivity index (χ0n) is 18.9. The number of rotatable bonds is 9. The topological polar surface area (TPSA) is 73.7 Å². The van der Waals surface area contributed by atoms with E-state index in [2.05, 4.69) is 23.7 Å². The molecular formula is C25H27N3O3S2. The second kappa shape index (κ2) is 9.99. The third-order valence-electron chi connectivity index (χ3n) is 5.94. The molecule has 1 atom stereocenters. The highest BCUT2D eigenvalue weighted by molar-refractivity contribution is 7.17. The summed E-state index contributed by atoms with van der Waals surface area (Å²) in [6, 6.07) is 12.9. The molecule has 3 heterocycles. The number of aliphatic hydroxyl groups excluding tert-OH is 1. The Labute approximate surface area is 201 Å². The van der Waals surface area contributed by atoms with Crippen molar-refractivity contribution in [1.82, 2.24) is 14.8 Å². The van der Waals surface area contributed by atoms with Gasteiger partial charge in [0.2, 0.25) is 5.78 Å². The Morgan fingerprint density at radius 3 is 2.52 bits per heavy atom. The van der Waals surface area contributed by atoms with Gasteiger partial charge in [0.15, 0.2) is 5.76 Å². The molecule has 2 aromatic heterocycles. The van der Waals surface area contributed by atoms with Gasteiger partial charge in [-0.05, 0) is 31.5 Å². The summed E-state index contributed by atoms with van der Waals surface area (Å²) < 4.78 is 0. The zero-order valence-corrected chi connectivity index (χ0v) is 20.6. The van der Waals surface area contributed by atoms with E-state index in [1.165, 1.54) is 22.7 Å². The van der Waals surface area contributed by atoms with Crippen molar-refractivity contribution in [2.45, 2.75) is 26.8 Å². The van der Waals surface area contributed by atoms with Gasteiger partial charge in [-0.3, -0.25) is 9.59 Å². The summed E-state index contributed by atoms with van der Waals surface area (Å²) in [6.07, 6.45) is 0. The van der Waals surface area contributed by atoms with Gasteiger partial charge in [-0.1, -0.05) is 50.2 Å². The maximum absolute atomic E-state index is 13.7. The lowest BCUT2D eigenvalue weighted by Crippen LogP contribution is -2.38. The normalized spacial score (nSPS) is 16.3. The number of nitrogens with zero attached hydrogens (tertiary/aromatic N) is 3. The second-order valence-electron chi connectivity index (χ2n) is 7.83. The smallest absolute Gasteiger partial charge is 0.290 e. The predicted octanol–water partition coefficient (Wildman–Crippen LogP) is 5.10. The van der Waals surface area contributed by atoms with E-state index in [1.807, 2.05) is 47.8 Å². The number of thiazole rings is 1. The first-order chi connectivity index (χ1) is 16.0. The van der Waals surface area contributed by atoms with E-state index in [1.54, 1.807) is 11.8 Å². The quantitative estimate of drug-likeness (QED) is 0.431. The van der Waals surface area contributed by atoms with E-state index in [4.69, 9.17) is 0 Å². The van der Waals surface area contributed by atoms with Gasteiger partial charge in [-0.15, -0.1) is 22.7 Å². The van der Waals surface area contributed by atoms with Crippen molar-refractivity contribution in [3.63, 3.8) is 0 Å². The molecule has 1 N–H and O–H groups in total. The molecule has 33 heavy (non-hydrogen) atoms. The second-order valence-corrected chi connectivity index (χ2v) is 9.81. The number of aliphatic hydroxyl groups is 1.